The first-order valence-electron chi connectivity index (χ1n) is 3.78. The summed E-state index contributed by atoms with van der Waals surface area (Å²) in [5.41, 5.74) is 0.532. The number of methoxy groups -OCH3 is 1. The van der Waals surface area contributed by atoms with Gasteiger partial charge < -0.3 is 14.8 Å². The molecule has 1 aromatic carbocycles. The molecule has 1 rings (SSSR count). The van der Waals surface area contributed by atoms with Gasteiger partial charge in [-0.3, -0.25) is 0 Å². The van der Waals surface area contributed by atoms with E-state index >= 15 is 0 Å². The van der Waals surface area contributed by atoms with Crippen LogP contribution in [0.5, 0.6) is 0 Å². The second-order valence-electron chi connectivity index (χ2n) is 2.66. The monoisotopic (exact) mass is 184 g/mol. The fourth-order valence-electron chi connectivity index (χ4n) is 0.997. The normalized spacial score (nSPS) is 10.2. The van der Waals surface area contributed by atoms with Gasteiger partial charge in [-0.1, -0.05) is 12.1 Å². The summed E-state index contributed by atoms with van der Waals surface area (Å²) in [5, 5.41) is 17.5. The number of hydrogen-bond donors (Lipinski definition) is 2. The van der Waals surface area contributed by atoms with Crippen molar-refractivity contribution < 1.29 is 19.2 Å². The van der Waals surface area contributed by atoms with Gasteiger partial charge in [0.15, 0.2) is 0 Å². The van der Waals surface area contributed by atoms with Gasteiger partial charge in [-0.25, -0.2) is 4.39 Å². The van der Waals surface area contributed by atoms with Crippen LogP contribution in [0, 0.1) is 5.82 Å². The molecule has 5 heteroatoms. The molecule has 0 saturated heterocycles. The third kappa shape index (κ3) is 2.52. The van der Waals surface area contributed by atoms with Gasteiger partial charge in [-0.2, -0.15) is 0 Å². The lowest BCUT2D eigenvalue weighted by Gasteiger charge is -2.04. The van der Waals surface area contributed by atoms with E-state index in [9.17, 15) is 4.39 Å². The highest BCUT2D eigenvalue weighted by Gasteiger charge is 2.12. The Balaban J connectivity index is 2.92. The van der Waals surface area contributed by atoms with Crippen LogP contribution >= 0.6 is 0 Å². The Morgan fingerprint density at radius 2 is 2.15 bits per heavy atom. The molecule has 0 aromatic heterocycles. The Hall–Kier alpha value is -0.905. The Morgan fingerprint density at radius 3 is 2.62 bits per heavy atom. The second-order valence-corrected chi connectivity index (χ2v) is 2.66. The molecule has 13 heavy (non-hydrogen) atoms. The number of halogens is 1. The molecule has 3 nitrogen and oxygen atoms in total. The molecule has 2 N–H and O–H groups in total. The minimum Gasteiger partial charge on any atom is -0.423 e. The minimum absolute atomic E-state index is 0.136. The van der Waals surface area contributed by atoms with E-state index in [2.05, 4.69) is 0 Å². The van der Waals surface area contributed by atoms with E-state index in [1.54, 1.807) is 0 Å². The smallest absolute Gasteiger partial charge is 0.423 e. The van der Waals surface area contributed by atoms with Crippen molar-refractivity contribution in [1.82, 2.24) is 0 Å². The minimum atomic E-state index is -1.63. The Kier molecular flexibility index (Phi) is 3.42. The van der Waals surface area contributed by atoms with Crippen molar-refractivity contribution in [3.8, 4) is 0 Å². The third-order valence-electron chi connectivity index (χ3n) is 1.68. The quantitative estimate of drug-likeness (QED) is 0.631. The van der Waals surface area contributed by atoms with Crippen LogP contribution in [-0.4, -0.2) is 24.3 Å². The lowest BCUT2D eigenvalue weighted by atomic mass is 9.80. The standard InChI is InChI=1S/C8H10BFO3/c1-13-5-6-2-3-7(9(11)12)4-8(6)10/h2-4,11-12H,5H2,1H3. The molecule has 0 saturated carbocycles. The van der Waals surface area contributed by atoms with Crippen molar-refractivity contribution in [1.29, 1.82) is 0 Å². The summed E-state index contributed by atoms with van der Waals surface area (Å²) in [7, 11) is -0.167. The molecule has 0 aliphatic carbocycles. The van der Waals surface area contributed by atoms with E-state index in [0.717, 1.165) is 6.07 Å². The summed E-state index contributed by atoms with van der Waals surface area (Å²) in [4.78, 5) is 0. The summed E-state index contributed by atoms with van der Waals surface area (Å²) in [6, 6.07) is 3.99. The van der Waals surface area contributed by atoms with Crippen molar-refractivity contribution in [2.24, 2.45) is 0 Å². The predicted octanol–water partition coefficient (Wildman–Crippen LogP) is -0.348. The van der Waals surface area contributed by atoms with Crippen LogP contribution in [0.3, 0.4) is 0 Å². The topological polar surface area (TPSA) is 49.7 Å². The van der Waals surface area contributed by atoms with Crippen LogP contribution in [0.1, 0.15) is 5.56 Å². The summed E-state index contributed by atoms with van der Waals surface area (Å²) in [5.74, 6) is -0.493. The van der Waals surface area contributed by atoms with E-state index in [1.165, 1.54) is 19.2 Å². The zero-order valence-electron chi connectivity index (χ0n) is 7.20. The van der Waals surface area contributed by atoms with Gasteiger partial charge >= 0.3 is 7.12 Å². The highest BCUT2D eigenvalue weighted by atomic mass is 19.1. The average molecular weight is 184 g/mol. The number of ether oxygens (including phenoxy) is 1. The van der Waals surface area contributed by atoms with Crippen LogP contribution in [0.4, 0.5) is 4.39 Å². The van der Waals surface area contributed by atoms with Crippen molar-refractivity contribution in [2.45, 2.75) is 6.61 Å². The molecule has 0 aliphatic rings. The van der Waals surface area contributed by atoms with Crippen molar-refractivity contribution in [3.63, 3.8) is 0 Å². The summed E-state index contributed by atoms with van der Waals surface area (Å²) in [6.07, 6.45) is 0. The zero-order valence-corrected chi connectivity index (χ0v) is 7.20. The van der Waals surface area contributed by atoms with Gasteiger partial charge in [0, 0.05) is 12.7 Å². The van der Waals surface area contributed by atoms with Crippen LogP contribution in [-0.2, 0) is 11.3 Å². The molecular weight excluding hydrogens is 174 g/mol. The summed E-state index contributed by atoms with van der Waals surface area (Å²) >= 11 is 0. The molecule has 1 aromatic rings. The molecular formula is C8H10BFO3. The molecule has 0 aliphatic heterocycles. The first-order chi connectivity index (χ1) is 6.15. The molecule has 0 spiro atoms. The van der Waals surface area contributed by atoms with Gasteiger partial charge in [0.1, 0.15) is 5.82 Å². The fraction of sp³-hybridized carbons (Fsp3) is 0.250. The van der Waals surface area contributed by atoms with Crippen molar-refractivity contribution in [3.05, 3.63) is 29.6 Å². The largest absolute Gasteiger partial charge is 0.488 e. The Labute approximate surface area is 75.9 Å². The van der Waals surface area contributed by atoms with Gasteiger partial charge in [-0.15, -0.1) is 0 Å². The fourth-order valence-corrected chi connectivity index (χ4v) is 0.997. The number of benzene rings is 1. The first kappa shape index (κ1) is 10.2. The van der Waals surface area contributed by atoms with Gasteiger partial charge in [0.2, 0.25) is 0 Å². The van der Waals surface area contributed by atoms with Crippen molar-refractivity contribution >= 4 is 12.6 Å². The molecule has 0 radical (unpaired) electrons. The summed E-state index contributed by atoms with van der Waals surface area (Å²) in [6.45, 7) is 0.174. The highest BCUT2D eigenvalue weighted by Crippen LogP contribution is 2.05. The van der Waals surface area contributed by atoms with E-state index in [4.69, 9.17) is 14.8 Å². The maximum atomic E-state index is 13.1. The zero-order chi connectivity index (χ0) is 9.84. The van der Waals surface area contributed by atoms with Crippen LogP contribution in [0.25, 0.3) is 0 Å². The molecule has 0 atom stereocenters. The highest BCUT2D eigenvalue weighted by molar-refractivity contribution is 6.58. The van der Waals surface area contributed by atoms with Gasteiger partial charge in [-0.05, 0) is 11.5 Å². The van der Waals surface area contributed by atoms with Crippen LogP contribution < -0.4 is 5.46 Å². The number of hydrogen-bond acceptors (Lipinski definition) is 3. The second kappa shape index (κ2) is 4.36. The lowest BCUT2D eigenvalue weighted by molar-refractivity contribution is 0.181. The van der Waals surface area contributed by atoms with Gasteiger partial charge in [0.05, 0.1) is 6.61 Å². The Morgan fingerprint density at radius 1 is 1.46 bits per heavy atom. The van der Waals surface area contributed by atoms with Crippen LogP contribution in [0.15, 0.2) is 18.2 Å². The third-order valence-corrected chi connectivity index (χ3v) is 1.68. The van der Waals surface area contributed by atoms with Crippen LogP contribution in [0.2, 0.25) is 0 Å². The van der Waals surface area contributed by atoms with E-state index in [0.29, 0.717) is 5.56 Å². The molecule has 0 unspecified atom stereocenters. The van der Waals surface area contributed by atoms with Crippen molar-refractivity contribution in [2.75, 3.05) is 7.11 Å². The average Bonchev–Trinajstić information content (AvgIpc) is 2.08. The molecule has 0 fully saturated rings. The molecule has 0 bridgehead atoms. The van der Waals surface area contributed by atoms with E-state index < -0.39 is 12.9 Å². The molecule has 0 heterocycles. The van der Waals surface area contributed by atoms with E-state index in [1.807, 2.05) is 0 Å². The maximum Gasteiger partial charge on any atom is 0.488 e. The Bertz CT molecular complexity index is 291. The maximum absolute atomic E-state index is 13.1. The molecule has 0 amide bonds. The van der Waals surface area contributed by atoms with Gasteiger partial charge in [0.25, 0.3) is 0 Å². The lowest BCUT2D eigenvalue weighted by Crippen LogP contribution is -2.30. The summed E-state index contributed by atoms with van der Waals surface area (Å²) < 4.78 is 17.8. The first-order valence-corrected chi connectivity index (χ1v) is 3.78. The number of rotatable bonds is 3. The predicted molar refractivity (Wildman–Crippen MR) is 46.9 cm³/mol. The molecule has 70 valence electrons. The van der Waals surface area contributed by atoms with E-state index in [-0.39, 0.29) is 12.1 Å². The SMILES string of the molecule is COCc1ccc(B(O)O)cc1F.